The number of piperidine rings is 1. The number of rotatable bonds is 4. The van der Waals surface area contributed by atoms with Crippen LogP contribution in [0.5, 0.6) is 0 Å². The largest absolute Gasteiger partial charge is 0.416 e. The smallest absolute Gasteiger partial charge is 0.334 e. The lowest BCUT2D eigenvalue weighted by molar-refractivity contribution is -0.138. The van der Waals surface area contributed by atoms with Crippen LogP contribution in [0.3, 0.4) is 0 Å². The number of allylic oxidation sites excluding steroid dienone is 3. The second kappa shape index (κ2) is 10.3. The number of halogens is 4. The van der Waals surface area contributed by atoms with Crippen LogP contribution >= 0.6 is 0 Å². The molecule has 0 spiro atoms. The van der Waals surface area contributed by atoms with Gasteiger partial charge >= 0.3 is 6.18 Å². The summed E-state index contributed by atoms with van der Waals surface area (Å²) in [5.74, 6) is -2.42. The zero-order valence-electron chi connectivity index (χ0n) is 20.1. The quantitative estimate of drug-likeness (QED) is 0.491. The van der Waals surface area contributed by atoms with Crippen LogP contribution in [0.1, 0.15) is 46.3 Å². The van der Waals surface area contributed by atoms with Crippen molar-refractivity contribution in [2.45, 2.75) is 45.3 Å². The van der Waals surface area contributed by atoms with Gasteiger partial charge < -0.3 is 10.2 Å². The minimum absolute atomic E-state index is 0.0211. The first kappa shape index (κ1) is 25.7. The monoisotopic (exact) mass is 500 g/mol. The minimum Gasteiger partial charge on any atom is -0.334 e. The molecule has 2 aliphatic rings. The molecule has 0 radical (unpaired) electrons. The molecular weight excluding hydrogens is 472 g/mol. The van der Waals surface area contributed by atoms with Crippen molar-refractivity contribution < 1.29 is 27.2 Å². The average Bonchev–Trinajstić information content (AvgIpc) is 2.84. The highest BCUT2D eigenvalue weighted by molar-refractivity contribution is 5.98. The van der Waals surface area contributed by atoms with Crippen LogP contribution in [0.25, 0.3) is 0 Å². The van der Waals surface area contributed by atoms with E-state index in [0.717, 1.165) is 6.07 Å². The molecular formula is C28H28F4N2O2. The molecule has 1 fully saturated rings. The summed E-state index contributed by atoms with van der Waals surface area (Å²) in [5.41, 5.74) is -0.222. The molecule has 190 valence electrons. The molecule has 4 rings (SSSR count). The van der Waals surface area contributed by atoms with Gasteiger partial charge in [0.15, 0.2) is 0 Å². The molecule has 36 heavy (non-hydrogen) atoms. The van der Waals surface area contributed by atoms with E-state index in [0.29, 0.717) is 31.4 Å². The van der Waals surface area contributed by atoms with Gasteiger partial charge in [-0.1, -0.05) is 42.5 Å². The molecule has 0 aromatic heterocycles. The Kier molecular flexibility index (Phi) is 7.33. The zero-order valence-corrected chi connectivity index (χ0v) is 20.1. The summed E-state index contributed by atoms with van der Waals surface area (Å²) in [6.07, 6.45) is 4.63. The van der Waals surface area contributed by atoms with Gasteiger partial charge in [0.05, 0.1) is 23.1 Å². The van der Waals surface area contributed by atoms with Crippen molar-refractivity contribution in [2.24, 2.45) is 11.8 Å². The fourth-order valence-electron chi connectivity index (χ4n) is 5.21. The van der Waals surface area contributed by atoms with E-state index >= 15 is 0 Å². The maximum atomic E-state index is 14.7. The molecule has 1 aliphatic carbocycles. The van der Waals surface area contributed by atoms with Gasteiger partial charge in [-0.25, -0.2) is 4.39 Å². The number of likely N-dealkylation sites (tertiary alicyclic amines) is 1. The number of aryl methyl sites for hydroxylation is 2. The Labute approximate surface area is 207 Å². The Morgan fingerprint density at radius 1 is 1.06 bits per heavy atom. The predicted molar refractivity (Wildman–Crippen MR) is 130 cm³/mol. The van der Waals surface area contributed by atoms with Gasteiger partial charge in [-0.2, -0.15) is 13.2 Å². The third kappa shape index (κ3) is 5.22. The van der Waals surface area contributed by atoms with Crippen LogP contribution in [-0.4, -0.2) is 29.3 Å². The molecule has 0 saturated carbocycles. The molecule has 1 aliphatic heterocycles. The first-order valence-electron chi connectivity index (χ1n) is 12.0. The summed E-state index contributed by atoms with van der Waals surface area (Å²) in [6.45, 7) is 3.39. The van der Waals surface area contributed by atoms with Crippen molar-refractivity contribution in [3.05, 3.63) is 88.8 Å². The van der Waals surface area contributed by atoms with E-state index in [9.17, 15) is 27.2 Å². The van der Waals surface area contributed by atoms with Crippen LogP contribution in [0.15, 0.2) is 60.7 Å². The third-order valence-corrected chi connectivity index (χ3v) is 6.98. The topological polar surface area (TPSA) is 49.4 Å². The molecule has 2 aromatic rings. The zero-order chi connectivity index (χ0) is 26.0. The molecule has 1 saturated heterocycles. The molecule has 8 heteroatoms. The second-order valence-electron chi connectivity index (χ2n) is 9.40. The van der Waals surface area contributed by atoms with Crippen molar-refractivity contribution in [1.82, 2.24) is 4.90 Å². The first-order valence-corrected chi connectivity index (χ1v) is 12.0. The number of amides is 2. The lowest BCUT2D eigenvalue weighted by Gasteiger charge is -2.44. The van der Waals surface area contributed by atoms with E-state index in [4.69, 9.17) is 0 Å². The van der Waals surface area contributed by atoms with Gasteiger partial charge in [0, 0.05) is 18.2 Å². The standard InChI is InChI=1S/C28H28F4N2O2/c1-17-13-14-20(16-22(17)28(30,31)32)33-26(35)21-11-7-15-34(25(21)19-9-4-3-5-10-19)27(36)24-18(2)8-6-12-23(24)29/h3-6,8-9,12-14,16,19,21,25H,7,10-11,15H2,1-2H3,(H,33,35)/t19?,21?,25-/m0/s1. The SMILES string of the molecule is Cc1ccc(NC(=O)C2CCCN(C(=O)c3c(C)cccc3F)[C@H]2C2C=CC=CC2)cc1C(F)(F)F. The number of carbonyl (C=O) groups excluding carboxylic acids is 2. The number of nitrogens with one attached hydrogen (secondary N) is 1. The predicted octanol–water partition coefficient (Wildman–Crippen LogP) is 6.45. The molecule has 2 unspecified atom stereocenters. The summed E-state index contributed by atoms with van der Waals surface area (Å²) in [4.78, 5) is 28.6. The number of hydrogen-bond donors (Lipinski definition) is 1. The fourth-order valence-corrected chi connectivity index (χ4v) is 5.21. The molecule has 2 aromatic carbocycles. The highest BCUT2D eigenvalue weighted by Gasteiger charge is 2.43. The van der Waals surface area contributed by atoms with Crippen LogP contribution in [0, 0.1) is 31.5 Å². The third-order valence-electron chi connectivity index (χ3n) is 6.98. The van der Waals surface area contributed by atoms with Gasteiger partial charge in [-0.15, -0.1) is 0 Å². The van der Waals surface area contributed by atoms with Gasteiger partial charge in [0.2, 0.25) is 5.91 Å². The summed E-state index contributed by atoms with van der Waals surface area (Å²) >= 11 is 0. The summed E-state index contributed by atoms with van der Waals surface area (Å²) < 4.78 is 54.9. The lowest BCUT2D eigenvalue weighted by Crippen LogP contribution is -2.55. The van der Waals surface area contributed by atoms with E-state index in [1.807, 2.05) is 24.3 Å². The number of anilines is 1. The Balaban J connectivity index is 1.66. The Morgan fingerprint density at radius 3 is 2.50 bits per heavy atom. The van der Waals surface area contributed by atoms with E-state index in [2.05, 4.69) is 5.32 Å². The maximum absolute atomic E-state index is 14.7. The van der Waals surface area contributed by atoms with Gasteiger partial charge in [0.25, 0.3) is 5.91 Å². The number of carbonyl (C=O) groups is 2. The lowest BCUT2D eigenvalue weighted by atomic mass is 9.77. The Hall–Kier alpha value is -3.42. The van der Waals surface area contributed by atoms with Gasteiger partial charge in [0.1, 0.15) is 5.82 Å². The van der Waals surface area contributed by atoms with E-state index in [1.165, 1.54) is 31.2 Å². The maximum Gasteiger partial charge on any atom is 0.416 e. The van der Waals surface area contributed by atoms with Gasteiger partial charge in [-0.05, 0) is 62.4 Å². The molecule has 4 nitrogen and oxygen atoms in total. The van der Waals surface area contributed by atoms with Crippen molar-refractivity contribution in [2.75, 3.05) is 11.9 Å². The Morgan fingerprint density at radius 2 is 1.83 bits per heavy atom. The van der Waals surface area contributed by atoms with Crippen molar-refractivity contribution in [3.63, 3.8) is 0 Å². The highest BCUT2D eigenvalue weighted by atomic mass is 19.4. The normalized spacial score (nSPS) is 21.9. The van der Waals surface area contributed by atoms with E-state index < -0.39 is 41.3 Å². The second-order valence-corrected chi connectivity index (χ2v) is 9.40. The summed E-state index contributed by atoms with van der Waals surface area (Å²) in [6, 6.07) is 7.56. The number of hydrogen-bond acceptors (Lipinski definition) is 2. The number of benzene rings is 2. The van der Waals surface area contributed by atoms with Gasteiger partial charge in [-0.3, -0.25) is 9.59 Å². The number of nitrogens with zero attached hydrogens (tertiary/aromatic N) is 1. The summed E-state index contributed by atoms with van der Waals surface area (Å²) in [7, 11) is 0. The van der Waals surface area contributed by atoms with Crippen LogP contribution in [-0.2, 0) is 11.0 Å². The fraction of sp³-hybridized carbons (Fsp3) is 0.357. The van der Waals surface area contributed by atoms with Crippen LogP contribution < -0.4 is 5.32 Å². The average molecular weight is 501 g/mol. The molecule has 0 bridgehead atoms. The van der Waals surface area contributed by atoms with E-state index in [-0.39, 0.29) is 22.7 Å². The first-order chi connectivity index (χ1) is 17.1. The molecule has 1 heterocycles. The summed E-state index contributed by atoms with van der Waals surface area (Å²) in [5, 5.41) is 2.65. The van der Waals surface area contributed by atoms with E-state index in [1.54, 1.807) is 17.9 Å². The molecule has 1 N–H and O–H groups in total. The minimum atomic E-state index is -4.54. The molecule has 2 amide bonds. The van der Waals surface area contributed by atoms with Crippen molar-refractivity contribution in [3.8, 4) is 0 Å². The highest BCUT2D eigenvalue weighted by Crippen LogP contribution is 2.37. The molecule has 3 atom stereocenters. The Bertz CT molecular complexity index is 1200. The number of alkyl halides is 3. The van der Waals surface area contributed by atoms with Crippen LogP contribution in [0.4, 0.5) is 23.2 Å². The van der Waals surface area contributed by atoms with Crippen LogP contribution in [0.2, 0.25) is 0 Å². The van der Waals surface area contributed by atoms with Crippen molar-refractivity contribution >= 4 is 17.5 Å². The van der Waals surface area contributed by atoms with Crippen molar-refractivity contribution in [1.29, 1.82) is 0 Å².